The fourth-order valence-electron chi connectivity index (χ4n) is 1.42. The molecule has 0 aliphatic carbocycles. The Morgan fingerprint density at radius 1 is 1.35 bits per heavy atom. The minimum absolute atomic E-state index is 0.135. The second-order valence-corrected chi connectivity index (χ2v) is 4.02. The van der Waals surface area contributed by atoms with Crippen LogP contribution in [0.2, 0.25) is 0 Å². The van der Waals surface area contributed by atoms with E-state index in [2.05, 4.69) is 6.58 Å². The Morgan fingerprint density at radius 3 is 2.53 bits per heavy atom. The molecule has 1 aromatic rings. The van der Waals surface area contributed by atoms with Crippen molar-refractivity contribution in [2.45, 2.75) is 25.6 Å². The monoisotopic (exact) mass is 236 g/mol. The molecule has 0 fully saturated rings. The molecule has 0 saturated heterocycles. The van der Waals surface area contributed by atoms with Crippen LogP contribution in [0, 0.1) is 6.92 Å². The number of aliphatic hydroxyl groups excluding tert-OH is 1. The Bertz CT molecular complexity index is 332. The topological polar surface area (TPSA) is 38.7 Å². The highest BCUT2D eigenvalue weighted by molar-refractivity contribution is 5.26. The highest BCUT2D eigenvalue weighted by atomic mass is 16.5. The van der Waals surface area contributed by atoms with Gasteiger partial charge in [-0.3, -0.25) is 0 Å². The summed E-state index contributed by atoms with van der Waals surface area (Å²) in [4.78, 5) is 0. The second kappa shape index (κ2) is 7.09. The van der Waals surface area contributed by atoms with Gasteiger partial charge in [-0.1, -0.05) is 23.8 Å². The van der Waals surface area contributed by atoms with Crippen molar-refractivity contribution in [3.63, 3.8) is 0 Å². The summed E-state index contributed by atoms with van der Waals surface area (Å²) in [5, 5.41) is 9.44. The maximum atomic E-state index is 9.44. The van der Waals surface area contributed by atoms with Crippen molar-refractivity contribution in [3.8, 4) is 5.75 Å². The van der Waals surface area contributed by atoms with Crippen molar-refractivity contribution in [3.05, 3.63) is 42.5 Å². The number of hydrogen-bond acceptors (Lipinski definition) is 3. The van der Waals surface area contributed by atoms with Gasteiger partial charge in [0, 0.05) is 13.5 Å². The molecule has 17 heavy (non-hydrogen) atoms. The SMILES string of the molecule is C=CC(O)CC(COc1ccc(C)cc1)OC. The molecular formula is C14H20O3. The normalized spacial score (nSPS) is 14.1. The van der Waals surface area contributed by atoms with Gasteiger partial charge in [0.05, 0.1) is 12.2 Å². The average molecular weight is 236 g/mol. The lowest BCUT2D eigenvalue weighted by Crippen LogP contribution is -2.25. The number of benzene rings is 1. The zero-order chi connectivity index (χ0) is 12.7. The molecule has 0 saturated carbocycles. The highest BCUT2D eigenvalue weighted by Crippen LogP contribution is 2.13. The van der Waals surface area contributed by atoms with E-state index in [1.165, 1.54) is 11.6 Å². The van der Waals surface area contributed by atoms with Crippen LogP contribution in [0.4, 0.5) is 0 Å². The first-order valence-corrected chi connectivity index (χ1v) is 5.68. The number of methoxy groups -OCH3 is 1. The minimum atomic E-state index is -0.554. The lowest BCUT2D eigenvalue weighted by atomic mass is 10.1. The van der Waals surface area contributed by atoms with Crippen LogP contribution in [-0.4, -0.2) is 31.0 Å². The third-order valence-corrected chi connectivity index (χ3v) is 2.57. The molecule has 1 N–H and O–H groups in total. The van der Waals surface area contributed by atoms with E-state index >= 15 is 0 Å². The summed E-state index contributed by atoms with van der Waals surface area (Å²) in [7, 11) is 1.61. The fourth-order valence-corrected chi connectivity index (χ4v) is 1.42. The predicted molar refractivity (Wildman–Crippen MR) is 68.3 cm³/mol. The molecule has 3 nitrogen and oxygen atoms in total. The summed E-state index contributed by atoms with van der Waals surface area (Å²) in [6.45, 7) is 5.98. The molecule has 94 valence electrons. The first kappa shape index (κ1) is 13.7. The minimum Gasteiger partial charge on any atom is -0.491 e. The number of aryl methyl sites for hydroxylation is 1. The van der Waals surface area contributed by atoms with Crippen molar-refractivity contribution in [2.75, 3.05) is 13.7 Å². The van der Waals surface area contributed by atoms with Gasteiger partial charge in [0.1, 0.15) is 12.4 Å². The highest BCUT2D eigenvalue weighted by Gasteiger charge is 2.12. The van der Waals surface area contributed by atoms with Gasteiger partial charge in [0.2, 0.25) is 0 Å². The van der Waals surface area contributed by atoms with E-state index in [-0.39, 0.29) is 6.10 Å². The maximum absolute atomic E-state index is 9.44. The average Bonchev–Trinajstić information content (AvgIpc) is 2.36. The number of rotatable bonds is 7. The molecular weight excluding hydrogens is 216 g/mol. The van der Waals surface area contributed by atoms with Crippen molar-refractivity contribution < 1.29 is 14.6 Å². The van der Waals surface area contributed by atoms with E-state index < -0.39 is 6.10 Å². The summed E-state index contributed by atoms with van der Waals surface area (Å²) >= 11 is 0. The Labute approximate surface area is 103 Å². The molecule has 2 unspecified atom stereocenters. The van der Waals surface area contributed by atoms with Gasteiger partial charge in [0.15, 0.2) is 0 Å². The quantitative estimate of drug-likeness (QED) is 0.738. The van der Waals surface area contributed by atoms with E-state index in [9.17, 15) is 5.11 Å². The second-order valence-electron chi connectivity index (χ2n) is 4.02. The molecule has 0 aromatic heterocycles. The first-order chi connectivity index (χ1) is 8.15. The number of hydrogen-bond donors (Lipinski definition) is 1. The van der Waals surface area contributed by atoms with Gasteiger partial charge in [0.25, 0.3) is 0 Å². The molecule has 0 amide bonds. The van der Waals surface area contributed by atoms with Crippen LogP contribution >= 0.6 is 0 Å². The molecule has 0 aliphatic rings. The van der Waals surface area contributed by atoms with Gasteiger partial charge < -0.3 is 14.6 Å². The fraction of sp³-hybridized carbons (Fsp3) is 0.429. The summed E-state index contributed by atoms with van der Waals surface area (Å²) < 4.78 is 10.8. The smallest absolute Gasteiger partial charge is 0.119 e. The van der Waals surface area contributed by atoms with Crippen LogP contribution in [0.5, 0.6) is 5.75 Å². The van der Waals surface area contributed by atoms with Gasteiger partial charge in [-0.05, 0) is 19.1 Å². The molecule has 0 radical (unpaired) electrons. The van der Waals surface area contributed by atoms with Crippen LogP contribution in [0.25, 0.3) is 0 Å². The van der Waals surface area contributed by atoms with E-state index in [4.69, 9.17) is 9.47 Å². The molecule has 0 aliphatic heterocycles. The lowest BCUT2D eigenvalue weighted by molar-refractivity contribution is 0.0270. The van der Waals surface area contributed by atoms with Crippen LogP contribution in [0.15, 0.2) is 36.9 Å². The van der Waals surface area contributed by atoms with Crippen LogP contribution in [-0.2, 0) is 4.74 Å². The van der Waals surface area contributed by atoms with E-state index in [0.717, 1.165) is 5.75 Å². The number of ether oxygens (including phenoxy) is 2. The Balaban J connectivity index is 2.41. The lowest BCUT2D eigenvalue weighted by Gasteiger charge is -2.17. The molecule has 0 bridgehead atoms. The molecule has 2 atom stereocenters. The van der Waals surface area contributed by atoms with E-state index in [0.29, 0.717) is 13.0 Å². The Hall–Kier alpha value is -1.32. The third-order valence-electron chi connectivity index (χ3n) is 2.57. The molecule has 0 heterocycles. The third kappa shape index (κ3) is 5.02. The molecule has 1 rings (SSSR count). The zero-order valence-corrected chi connectivity index (χ0v) is 10.4. The zero-order valence-electron chi connectivity index (χ0n) is 10.4. The van der Waals surface area contributed by atoms with Gasteiger partial charge >= 0.3 is 0 Å². The first-order valence-electron chi connectivity index (χ1n) is 5.68. The largest absolute Gasteiger partial charge is 0.491 e. The van der Waals surface area contributed by atoms with Gasteiger partial charge in [-0.2, -0.15) is 0 Å². The molecule has 3 heteroatoms. The van der Waals surface area contributed by atoms with Crippen molar-refractivity contribution >= 4 is 0 Å². The Morgan fingerprint density at radius 2 is 2.00 bits per heavy atom. The summed E-state index contributed by atoms with van der Waals surface area (Å²) in [5.41, 5.74) is 1.20. The van der Waals surface area contributed by atoms with E-state index in [1.54, 1.807) is 7.11 Å². The van der Waals surface area contributed by atoms with Crippen molar-refractivity contribution in [1.82, 2.24) is 0 Å². The van der Waals surface area contributed by atoms with Crippen molar-refractivity contribution in [1.29, 1.82) is 0 Å². The molecule has 0 spiro atoms. The van der Waals surface area contributed by atoms with Gasteiger partial charge in [-0.15, -0.1) is 6.58 Å². The van der Waals surface area contributed by atoms with E-state index in [1.807, 2.05) is 31.2 Å². The number of aliphatic hydroxyl groups is 1. The summed E-state index contributed by atoms with van der Waals surface area (Å²) in [6.07, 6.45) is 1.30. The van der Waals surface area contributed by atoms with Gasteiger partial charge in [-0.25, -0.2) is 0 Å². The summed E-state index contributed by atoms with van der Waals surface area (Å²) in [5.74, 6) is 0.811. The Kier molecular flexibility index (Phi) is 5.73. The van der Waals surface area contributed by atoms with Crippen LogP contribution in [0.1, 0.15) is 12.0 Å². The predicted octanol–water partition coefficient (Wildman–Crippen LogP) is 2.33. The molecule has 1 aromatic carbocycles. The van der Waals surface area contributed by atoms with Crippen LogP contribution < -0.4 is 4.74 Å². The van der Waals surface area contributed by atoms with Crippen LogP contribution in [0.3, 0.4) is 0 Å². The standard InChI is InChI=1S/C14H20O3/c1-4-12(15)9-14(16-3)10-17-13-7-5-11(2)6-8-13/h4-8,12,14-15H,1,9-10H2,2-3H3. The summed E-state index contributed by atoms with van der Waals surface area (Å²) in [6, 6.07) is 7.84. The maximum Gasteiger partial charge on any atom is 0.119 e. The van der Waals surface area contributed by atoms with Crippen molar-refractivity contribution in [2.24, 2.45) is 0 Å².